The molecule has 0 unspecified atom stereocenters. The lowest BCUT2D eigenvalue weighted by Gasteiger charge is -2.24. The highest BCUT2D eigenvalue weighted by Gasteiger charge is 2.39. The first-order valence-corrected chi connectivity index (χ1v) is 12.6. The van der Waals surface area contributed by atoms with Gasteiger partial charge in [-0.3, -0.25) is 14.9 Å². The summed E-state index contributed by atoms with van der Waals surface area (Å²) >= 11 is 0. The largest absolute Gasteiger partial charge is 0.347 e. The molecule has 0 aliphatic carbocycles. The number of aryl methyl sites for hydroxylation is 1. The summed E-state index contributed by atoms with van der Waals surface area (Å²) in [5, 5.41) is 17.0. The highest BCUT2D eigenvalue weighted by molar-refractivity contribution is 6.31. The molecule has 0 bridgehead atoms. The summed E-state index contributed by atoms with van der Waals surface area (Å²) in [6.07, 6.45) is 10.6. The van der Waals surface area contributed by atoms with Crippen LogP contribution in [0.15, 0.2) is 108 Å². The van der Waals surface area contributed by atoms with Gasteiger partial charge in [-0.2, -0.15) is 10.1 Å². The number of likely N-dealkylation sites (N-methyl/N-ethyl adjacent to an activating group) is 1. The molecule has 0 aromatic heterocycles. The summed E-state index contributed by atoms with van der Waals surface area (Å²) in [5.74, 6) is -0.315. The normalized spacial score (nSPS) is 18.7. The predicted molar refractivity (Wildman–Crippen MR) is 153 cm³/mol. The summed E-state index contributed by atoms with van der Waals surface area (Å²) in [7, 11) is 2.04. The van der Waals surface area contributed by atoms with E-state index >= 15 is 0 Å². The van der Waals surface area contributed by atoms with Crippen molar-refractivity contribution in [3.8, 4) is 0 Å². The van der Waals surface area contributed by atoms with E-state index < -0.39 is 4.92 Å². The van der Waals surface area contributed by atoms with Crippen molar-refractivity contribution in [1.82, 2.24) is 5.01 Å². The van der Waals surface area contributed by atoms with Crippen LogP contribution in [0, 0.1) is 10.1 Å². The van der Waals surface area contributed by atoms with Gasteiger partial charge in [-0.05, 0) is 60.1 Å². The van der Waals surface area contributed by atoms with E-state index in [0.29, 0.717) is 22.5 Å². The second kappa shape index (κ2) is 10.5. The first-order valence-electron chi connectivity index (χ1n) is 12.6. The minimum absolute atomic E-state index is 0.0314. The van der Waals surface area contributed by atoms with Crippen LogP contribution in [0.3, 0.4) is 0 Å². The first-order chi connectivity index (χ1) is 18.1. The van der Waals surface area contributed by atoms with Crippen LogP contribution in [-0.2, 0) is 16.6 Å². The molecule has 0 radical (unpaired) electrons. The van der Waals surface area contributed by atoms with Gasteiger partial charge in [0.15, 0.2) is 0 Å². The summed E-state index contributed by atoms with van der Waals surface area (Å²) in [4.78, 5) is 26.5. The maximum Gasteiger partial charge on any atom is 0.281 e. The van der Waals surface area contributed by atoms with Crippen molar-refractivity contribution in [2.24, 2.45) is 5.10 Å². The van der Waals surface area contributed by atoms with Crippen LogP contribution in [0.4, 0.5) is 11.4 Å². The lowest BCUT2D eigenvalue weighted by atomic mass is 9.82. The number of non-ortho nitro benzene ring substituents is 1. The second-order valence-electron chi connectivity index (χ2n) is 9.82. The Morgan fingerprint density at radius 2 is 1.84 bits per heavy atom. The van der Waals surface area contributed by atoms with E-state index in [1.165, 1.54) is 34.3 Å². The molecule has 0 fully saturated rings. The second-order valence-corrected chi connectivity index (χ2v) is 9.82. The number of allylic oxidation sites excluding steroid dienone is 6. The lowest BCUT2D eigenvalue weighted by molar-refractivity contribution is -0.384. The summed E-state index contributed by atoms with van der Waals surface area (Å²) < 4.78 is 0. The lowest BCUT2D eigenvalue weighted by Crippen LogP contribution is -2.23. The van der Waals surface area contributed by atoms with E-state index in [9.17, 15) is 14.9 Å². The maximum atomic E-state index is 13.6. The van der Waals surface area contributed by atoms with Crippen LogP contribution in [0.5, 0.6) is 0 Å². The molecule has 2 aromatic rings. The number of hydrogen-bond acceptors (Lipinski definition) is 5. The molecule has 7 nitrogen and oxygen atoms in total. The summed E-state index contributed by atoms with van der Waals surface area (Å²) in [6, 6.07) is 12.7. The molecule has 0 atom stereocenters. The Morgan fingerprint density at radius 1 is 1.13 bits per heavy atom. The van der Waals surface area contributed by atoms with Gasteiger partial charge in [0, 0.05) is 41.5 Å². The highest BCUT2D eigenvalue weighted by Crippen LogP contribution is 2.47. The van der Waals surface area contributed by atoms with Gasteiger partial charge in [0.25, 0.3) is 11.6 Å². The van der Waals surface area contributed by atoms with E-state index in [2.05, 4.69) is 62.1 Å². The topological polar surface area (TPSA) is 79.0 Å². The number of benzene rings is 2. The zero-order valence-corrected chi connectivity index (χ0v) is 22.3. The van der Waals surface area contributed by atoms with E-state index in [-0.39, 0.29) is 17.0 Å². The fourth-order valence-electron chi connectivity index (χ4n) is 5.03. The van der Waals surface area contributed by atoms with E-state index in [4.69, 9.17) is 0 Å². The SMILES string of the molecule is C=C/C=C(\C=C)N1N=C(c2ccc([N+](=O)[O-])cc2)/C(=C/C=C2/N(C)c3ccc(CCC)cc3C2(C)C)C1=O. The molecule has 194 valence electrons. The molecule has 0 saturated carbocycles. The molecule has 38 heavy (non-hydrogen) atoms. The van der Waals surface area contributed by atoms with Crippen LogP contribution in [0.1, 0.15) is 43.9 Å². The van der Waals surface area contributed by atoms with E-state index in [1.54, 1.807) is 30.4 Å². The van der Waals surface area contributed by atoms with Crippen LogP contribution >= 0.6 is 0 Å². The number of fused-ring (bicyclic) bond motifs is 1. The number of nitrogens with zero attached hydrogens (tertiary/aromatic N) is 4. The number of hydrogen-bond donors (Lipinski definition) is 0. The Labute approximate surface area is 223 Å². The van der Waals surface area contributed by atoms with Crippen LogP contribution in [-0.4, -0.2) is 28.6 Å². The quantitative estimate of drug-likeness (QED) is 0.174. The van der Waals surface area contributed by atoms with Crippen molar-refractivity contribution in [2.45, 2.75) is 39.0 Å². The fraction of sp³-hybridized carbons (Fsp3) is 0.226. The standard InChI is InChI=1S/C31H32N4O3/c1-7-10-21-12-18-27-26(20-21)31(4,5)28(33(27)6)19-17-25-29(22-13-15-24(16-14-22)35(37)38)32-34(30(25)36)23(9-3)11-8-2/h8-9,11-20H,2-3,7,10H2,1,4-6H3/b23-11+,25-17-,28-19+. The Bertz CT molecular complexity index is 1440. The Kier molecular flexibility index (Phi) is 7.30. The van der Waals surface area contributed by atoms with Gasteiger partial charge in [0.05, 0.1) is 16.2 Å². The van der Waals surface area contributed by atoms with Crippen molar-refractivity contribution in [1.29, 1.82) is 0 Å². The summed E-state index contributed by atoms with van der Waals surface area (Å²) in [6.45, 7) is 14.1. The number of amides is 1. The molecule has 2 aromatic carbocycles. The monoisotopic (exact) mass is 508 g/mol. The minimum atomic E-state index is -0.455. The Morgan fingerprint density at radius 3 is 2.45 bits per heavy atom. The van der Waals surface area contributed by atoms with Gasteiger partial charge in [-0.25, -0.2) is 0 Å². The molecule has 0 saturated heterocycles. The number of anilines is 1. The third-order valence-corrected chi connectivity index (χ3v) is 7.02. The van der Waals surface area contributed by atoms with Crippen LogP contribution < -0.4 is 4.90 Å². The molecule has 2 aliphatic heterocycles. The zero-order chi connectivity index (χ0) is 27.6. The van der Waals surface area contributed by atoms with Crippen LogP contribution in [0.25, 0.3) is 0 Å². The third-order valence-electron chi connectivity index (χ3n) is 7.02. The number of nitro benzene ring substituents is 1. The van der Waals surface area contributed by atoms with Gasteiger partial charge in [0.1, 0.15) is 5.71 Å². The number of rotatable bonds is 8. The highest BCUT2D eigenvalue weighted by atomic mass is 16.6. The first kappa shape index (κ1) is 26.5. The molecular weight excluding hydrogens is 476 g/mol. The van der Waals surface area contributed by atoms with Crippen LogP contribution in [0.2, 0.25) is 0 Å². The van der Waals surface area contributed by atoms with Gasteiger partial charge in [0.2, 0.25) is 0 Å². The Hall–Kier alpha value is -4.52. The number of hydrazone groups is 1. The maximum absolute atomic E-state index is 13.6. The van der Waals surface area contributed by atoms with Crippen molar-refractivity contribution < 1.29 is 9.72 Å². The van der Waals surface area contributed by atoms with Crippen molar-refractivity contribution in [3.63, 3.8) is 0 Å². The van der Waals surface area contributed by atoms with Gasteiger partial charge < -0.3 is 4.90 Å². The van der Waals surface area contributed by atoms with Crippen molar-refractivity contribution in [2.75, 3.05) is 11.9 Å². The molecule has 0 spiro atoms. The number of carbonyl (C=O) groups excluding carboxylic acids is 1. The average Bonchev–Trinajstić information content (AvgIpc) is 3.31. The average molecular weight is 509 g/mol. The molecule has 7 heteroatoms. The van der Waals surface area contributed by atoms with E-state index in [0.717, 1.165) is 24.2 Å². The molecular formula is C31H32N4O3. The third kappa shape index (κ3) is 4.63. The smallest absolute Gasteiger partial charge is 0.281 e. The van der Waals surface area contributed by atoms with Gasteiger partial charge in [-0.15, -0.1) is 0 Å². The van der Waals surface area contributed by atoms with Gasteiger partial charge in [-0.1, -0.05) is 58.6 Å². The minimum Gasteiger partial charge on any atom is -0.347 e. The fourth-order valence-corrected chi connectivity index (χ4v) is 5.03. The van der Waals surface area contributed by atoms with Crippen molar-refractivity contribution >= 4 is 23.0 Å². The molecule has 1 amide bonds. The molecule has 4 rings (SSSR count). The van der Waals surface area contributed by atoms with Crippen molar-refractivity contribution in [3.05, 3.63) is 130 Å². The Balaban J connectivity index is 1.81. The van der Waals surface area contributed by atoms with Gasteiger partial charge >= 0.3 is 0 Å². The van der Waals surface area contributed by atoms with E-state index in [1.807, 2.05) is 13.1 Å². The molecule has 2 aliphatic rings. The predicted octanol–water partition coefficient (Wildman–Crippen LogP) is 6.59. The molecule has 0 N–H and O–H groups in total. The zero-order valence-electron chi connectivity index (χ0n) is 22.3. The molecule has 2 heterocycles. The summed E-state index contributed by atoms with van der Waals surface area (Å²) in [5.41, 5.74) is 6.35. The number of nitro groups is 1. The number of carbonyl (C=O) groups is 1.